The summed E-state index contributed by atoms with van der Waals surface area (Å²) >= 11 is 6.09. The van der Waals surface area contributed by atoms with Crippen molar-refractivity contribution in [3.05, 3.63) is 91.9 Å². The molecule has 0 aliphatic heterocycles. The van der Waals surface area contributed by atoms with Crippen LogP contribution in [-0.2, 0) is 12.8 Å². The molecule has 4 nitrogen and oxygen atoms in total. The van der Waals surface area contributed by atoms with Crippen LogP contribution in [0.1, 0.15) is 34.4 Å². The summed E-state index contributed by atoms with van der Waals surface area (Å²) in [6.45, 7) is 3.62. The lowest BCUT2D eigenvalue weighted by molar-refractivity contribution is 0.468. The molecular weight excluding hydrogens is 372 g/mol. The molecule has 0 spiro atoms. The van der Waals surface area contributed by atoms with E-state index in [4.69, 9.17) is 21.6 Å². The van der Waals surface area contributed by atoms with Crippen LogP contribution in [0.25, 0.3) is 0 Å². The Bertz CT molecular complexity index is 1080. The van der Waals surface area contributed by atoms with Gasteiger partial charge in [0.1, 0.15) is 11.5 Å². The number of aromatic amines is 1. The second kappa shape index (κ2) is 8.77. The molecule has 0 unspecified atom stereocenters. The van der Waals surface area contributed by atoms with Crippen LogP contribution in [0.3, 0.4) is 0 Å². The number of hydrogen-bond acceptors (Lipinski definition) is 3. The number of H-pyrrole nitrogens is 1. The topological polar surface area (TPSA) is 65.9 Å². The normalized spacial score (nSPS) is 10.5. The molecule has 1 aromatic heterocycles. The van der Waals surface area contributed by atoms with E-state index >= 15 is 0 Å². The van der Waals surface area contributed by atoms with Crippen molar-refractivity contribution >= 4 is 11.6 Å². The maximum Gasteiger partial charge on any atom is 0.254 e. The summed E-state index contributed by atoms with van der Waals surface area (Å²) in [5.41, 5.74) is 3.78. The van der Waals surface area contributed by atoms with E-state index in [-0.39, 0.29) is 5.56 Å². The van der Waals surface area contributed by atoms with E-state index in [1.165, 1.54) is 5.56 Å². The minimum atomic E-state index is -0.179. The molecule has 3 aromatic rings. The highest BCUT2D eigenvalue weighted by Crippen LogP contribution is 2.32. The number of ether oxygens (including phenoxy) is 1. The Morgan fingerprint density at radius 2 is 1.86 bits per heavy atom. The maximum absolute atomic E-state index is 12.3. The molecule has 28 heavy (non-hydrogen) atoms. The van der Waals surface area contributed by atoms with Crippen molar-refractivity contribution in [1.82, 2.24) is 4.98 Å². The van der Waals surface area contributed by atoms with Gasteiger partial charge >= 0.3 is 0 Å². The number of aromatic nitrogens is 1. The van der Waals surface area contributed by atoms with Crippen molar-refractivity contribution < 1.29 is 4.74 Å². The van der Waals surface area contributed by atoms with E-state index in [9.17, 15) is 4.79 Å². The van der Waals surface area contributed by atoms with Crippen LogP contribution >= 0.6 is 11.6 Å². The highest BCUT2D eigenvalue weighted by atomic mass is 35.5. The lowest BCUT2D eigenvalue weighted by Gasteiger charge is -2.16. The molecule has 0 atom stereocenters. The number of halogens is 1. The van der Waals surface area contributed by atoms with Gasteiger partial charge in [-0.15, -0.1) is 0 Å². The first-order valence-electron chi connectivity index (χ1n) is 9.12. The van der Waals surface area contributed by atoms with Crippen LogP contribution in [0.15, 0.2) is 53.3 Å². The summed E-state index contributed by atoms with van der Waals surface area (Å²) in [5, 5.41) is 9.57. The highest BCUT2D eigenvalue weighted by Gasteiger charge is 2.16. The minimum Gasteiger partial charge on any atom is -0.456 e. The van der Waals surface area contributed by atoms with Gasteiger partial charge in [0.05, 0.1) is 17.2 Å². The fraction of sp³-hybridized carbons (Fsp3) is 0.217. The van der Waals surface area contributed by atoms with Crippen molar-refractivity contribution in [3.63, 3.8) is 0 Å². The molecule has 142 valence electrons. The third kappa shape index (κ3) is 4.62. The number of hydrogen-bond donors (Lipinski definition) is 1. The number of benzene rings is 2. The number of nitrogens with one attached hydrogen (secondary N) is 1. The van der Waals surface area contributed by atoms with Crippen molar-refractivity contribution in [1.29, 1.82) is 5.26 Å². The molecule has 0 amide bonds. The second-order valence-electron chi connectivity index (χ2n) is 6.74. The summed E-state index contributed by atoms with van der Waals surface area (Å²) in [4.78, 5) is 15.2. The molecule has 0 aliphatic carbocycles. The van der Waals surface area contributed by atoms with Gasteiger partial charge in [0.2, 0.25) is 0 Å². The summed E-state index contributed by atoms with van der Waals surface area (Å²) in [6, 6.07) is 17.2. The van der Waals surface area contributed by atoms with E-state index in [2.05, 4.69) is 23.2 Å². The summed E-state index contributed by atoms with van der Waals surface area (Å²) in [7, 11) is 0. The quantitative estimate of drug-likeness (QED) is 0.603. The smallest absolute Gasteiger partial charge is 0.254 e. The predicted octanol–water partition coefficient (Wildman–Crippen LogP) is 5.48. The van der Waals surface area contributed by atoms with Gasteiger partial charge in [0, 0.05) is 16.3 Å². The van der Waals surface area contributed by atoms with Crippen LogP contribution in [0.5, 0.6) is 11.5 Å². The molecule has 0 saturated heterocycles. The van der Waals surface area contributed by atoms with E-state index in [1.807, 2.05) is 25.1 Å². The van der Waals surface area contributed by atoms with Gasteiger partial charge in [0.25, 0.3) is 5.56 Å². The molecule has 0 bridgehead atoms. The molecule has 0 aliphatic rings. The third-order valence-electron chi connectivity index (χ3n) is 4.66. The standard InChI is InChI=1S/C23H21ClN2O2/c1-15-22(28-20-12-18(14-25)11-19(24)13-20)21(16(2)26-23(15)27)10-6-9-17-7-4-3-5-8-17/h3-5,7-8,11-13H,6,9-10H2,1-2H3,(H,26,27). The van der Waals surface area contributed by atoms with Crippen LogP contribution in [0, 0.1) is 25.2 Å². The Hall–Kier alpha value is -3.03. The van der Waals surface area contributed by atoms with Gasteiger partial charge in [-0.25, -0.2) is 0 Å². The highest BCUT2D eigenvalue weighted by molar-refractivity contribution is 6.30. The van der Waals surface area contributed by atoms with Crippen LogP contribution in [0.4, 0.5) is 0 Å². The Morgan fingerprint density at radius 3 is 2.57 bits per heavy atom. The number of rotatable bonds is 6. The number of aryl methyl sites for hydroxylation is 2. The molecule has 0 fully saturated rings. The number of nitriles is 1. The van der Waals surface area contributed by atoms with Crippen LogP contribution < -0.4 is 10.3 Å². The molecular formula is C23H21ClN2O2. The zero-order valence-corrected chi connectivity index (χ0v) is 16.6. The Kier molecular flexibility index (Phi) is 6.18. The first kappa shape index (κ1) is 19.7. The van der Waals surface area contributed by atoms with E-state index in [1.54, 1.807) is 25.1 Å². The van der Waals surface area contributed by atoms with Gasteiger partial charge in [-0.1, -0.05) is 41.9 Å². The molecule has 0 saturated carbocycles. The minimum absolute atomic E-state index is 0.179. The SMILES string of the molecule is Cc1[nH]c(=O)c(C)c(Oc2cc(Cl)cc(C#N)c2)c1CCCc1ccccc1. The van der Waals surface area contributed by atoms with Crippen molar-refractivity contribution in [2.45, 2.75) is 33.1 Å². The Labute approximate surface area is 169 Å². The third-order valence-corrected chi connectivity index (χ3v) is 4.88. The first-order chi connectivity index (χ1) is 13.5. The van der Waals surface area contributed by atoms with E-state index in [0.717, 1.165) is 30.5 Å². The molecule has 1 N–H and O–H groups in total. The summed E-state index contributed by atoms with van der Waals surface area (Å²) < 4.78 is 6.07. The van der Waals surface area contributed by atoms with Gasteiger partial charge in [0.15, 0.2) is 0 Å². The zero-order chi connectivity index (χ0) is 20.1. The zero-order valence-electron chi connectivity index (χ0n) is 15.9. The van der Waals surface area contributed by atoms with Gasteiger partial charge in [-0.3, -0.25) is 4.79 Å². The lowest BCUT2D eigenvalue weighted by Crippen LogP contribution is -2.15. The average molecular weight is 393 g/mol. The summed E-state index contributed by atoms with van der Waals surface area (Å²) in [5.74, 6) is 0.988. The molecule has 2 aromatic carbocycles. The van der Waals surface area contributed by atoms with Crippen molar-refractivity contribution in [2.24, 2.45) is 0 Å². The fourth-order valence-corrected chi connectivity index (χ4v) is 3.42. The van der Waals surface area contributed by atoms with Crippen LogP contribution in [-0.4, -0.2) is 4.98 Å². The number of nitrogens with zero attached hydrogens (tertiary/aromatic N) is 1. The largest absolute Gasteiger partial charge is 0.456 e. The second-order valence-corrected chi connectivity index (χ2v) is 7.18. The van der Waals surface area contributed by atoms with E-state index < -0.39 is 0 Å². The Balaban J connectivity index is 1.90. The first-order valence-corrected chi connectivity index (χ1v) is 9.50. The summed E-state index contributed by atoms with van der Waals surface area (Å²) in [6.07, 6.45) is 2.62. The number of pyridine rings is 1. The fourth-order valence-electron chi connectivity index (χ4n) is 3.20. The molecule has 0 radical (unpaired) electrons. The lowest BCUT2D eigenvalue weighted by atomic mass is 10.0. The average Bonchev–Trinajstić information content (AvgIpc) is 2.68. The van der Waals surface area contributed by atoms with Crippen LogP contribution in [0.2, 0.25) is 5.02 Å². The monoisotopic (exact) mass is 392 g/mol. The molecule has 1 heterocycles. The van der Waals surface area contributed by atoms with Crippen molar-refractivity contribution in [2.75, 3.05) is 0 Å². The van der Waals surface area contributed by atoms with Gasteiger partial charge in [-0.05, 0) is 56.9 Å². The van der Waals surface area contributed by atoms with Crippen molar-refractivity contribution in [3.8, 4) is 17.6 Å². The molecule has 3 rings (SSSR count). The molecule has 5 heteroatoms. The predicted molar refractivity (Wildman–Crippen MR) is 111 cm³/mol. The van der Waals surface area contributed by atoms with E-state index in [0.29, 0.717) is 27.6 Å². The Morgan fingerprint density at radius 1 is 1.11 bits per heavy atom. The maximum atomic E-state index is 12.3. The van der Waals surface area contributed by atoms with Gasteiger partial charge in [-0.2, -0.15) is 5.26 Å². The van der Waals surface area contributed by atoms with Gasteiger partial charge < -0.3 is 9.72 Å².